The molecule has 7 heteroatoms. The second kappa shape index (κ2) is 10.1. The number of nitrogens with zero attached hydrogens (tertiary/aromatic N) is 1. The Balaban J connectivity index is 1.62. The number of hydrogen-bond donors (Lipinski definition) is 3. The lowest BCUT2D eigenvalue weighted by Crippen LogP contribution is -2.34. The van der Waals surface area contributed by atoms with Crippen molar-refractivity contribution in [2.75, 3.05) is 31.5 Å². The van der Waals surface area contributed by atoms with E-state index >= 15 is 0 Å². The highest BCUT2D eigenvalue weighted by molar-refractivity contribution is 6.36. The Kier molecular flexibility index (Phi) is 6.93. The van der Waals surface area contributed by atoms with Gasteiger partial charge in [-0.05, 0) is 67.0 Å². The molecule has 0 atom stereocenters. The Labute approximate surface area is 198 Å². The monoisotopic (exact) mass is 460 g/mol. The van der Waals surface area contributed by atoms with Crippen LogP contribution < -0.4 is 10.6 Å². The van der Waals surface area contributed by atoms with Crippen molar-refractivity contribution in [2.45, 2.75) is 20.8 Å². The zero-order chi connectivity index (χ0) is 24.2. The maximum Gasteiger partial charge on any atom is 0.267 e. The molecule has 0 unspecified atom stereocenters. The van der Waals surface area contributed by atoms with E-state index in [0.29, 0.717) is 29.2 Å². The molecule has 0 aliphatic carbocycles. The lowest BCUT2D eigenvalue weighted by Gasteiger charge is -2.17. The van der Waals surface area contributed by atoms with Gasteiger partial charge in [-0.2, -0.15) is 0 Å². The first-order valence-corrected chi connectivity index (χ1v) is 11.5. The van der Waals surface area contributed by atoms with E-state index < -0.39 is 0 Å². The first-order valence-electron chi connectivity index (χ1n) is 11.5. The third-order valence-electron chi connectivity index (χ3n) is 6.18. The van der Waals surface area contributed by atoms with Crippen LogP contribution in [0.1, 0.15) is 41.2 Å². The van der Waals surface area contributed by atoms with Crippen molar-refractivity contribution in [2.24, 2.45) is 0 Å². The molecule has 6 nitrogen and oxygen atoms in total. The van der Waals surface area contributed by atoms with Crippen LogP contribution in [0.4, 0.5) is 10.1 Å². The van der Waals surface area contributed by atoms with Gasteiger partial charge in [-0.1, -0.05) is 38.1 Å². The fourth-order valence-corrected chi connectivity index (χ4v) is 4.21. The van der Waals surface area contributed by atoms with Crippen molar-refractivity contribution in [1.82, 2.24) is 15.2 Å². The SMILES string of the molecule is CCN(CC)CCNC(=O)c1cc(C)c(/C=C2\C(=O)Nc3cccc(-c4ccc(F)cc4)c32)[nH]1. The van der Waals surface area contributed by atoms with Gasteiger partial charge in [-0.3, -0.25) is 9.59 Å². The van der Waals surface area contributed by atoms with Gasteiger partial charge in [0.1, 0.15) is 11.5 Å². The molecule has 2 aromatic carbocycles. The number of H-pyrrole nitrogens is 1. The molecule has 176 valence electrons. The minimum Gasteiger partial charge on any atom is -0.351 e. The van der Waals surface area contributed by atoms with Crippen molar-refractivity contribution in [3.8, 4) is 11.1 Å². The lowest BCUT2D eigenvalue weighted by molar-refractivity contribution is -0.110. The Bertz CT molecular complexity index is 1240. The molecule has 0 fully saturated rings. The number of carbonyl (C=O) groups is 2. The molecule has 0 bridgehead atoms. The van der Waals surface area contributed by atoms with Crippen molar-refractivity contribution in [1.29, 1.82) is 0 Å². The van der Waals surface area contributed by atoms with Gasteiger partial charge in [0.2, 0.25) is 0 Å². The minimum atomic E-state index is -0.314. The number of fused-ring (bicyclic) bond motifs is 1. The van der Waals surface area contributed by atoms with Crippen LogP contribution in [0.25, 0.3) is 22.8 Å². The Morgan fingerprint density at radius 3 is 2.56 bits per heavy atom. The molecule has 0 spiro atoms. The van der Waals surface area contributed by atoms with E-state index in [-0.39, 0.29) is 17.6 Å². The highest BCUT2D eigenvalue weighted by Gasteiger charge is 2.28. The third kappa shape index (κ3) is 4.79. The second-order valence-corrected chi connectivity index (χ2v) is 8.31. The van der Waals surface area contributed by atoms with Crippen LogP contribution in [-0.4, -0.2) is 47.9 Å². The summed E-state index contributed by atoms with van der Waals surface area (Å²) >= 11 is 0. The van der Waals surface area contributed by atoms with E-state index in [1.54, 1.807) is 24.3 Å². The van der Waals surface area contributed by atoms with Crippen molar-refractivity contribution < 1.29 is 14.0 Å². The molecular weight excluding hydrogens is 431 g/mol. The molecule has 4 rings (SSSR count). The van der Waals surface area contributed by atoms with Crippen LogP contribution in [0, 0.1) is 12.7 Å². The quantitative estimate of drug-likeness (QED) is 0.427. The maximum atomic E-state index is 13.5. The summed E-state index contributed by atoms with van der Waals surface area (Å²) in [7, 11) is 0. The Morgan fingerprint density at radius 2 is 1.85 bits per heavy atom. The second-order valence-electron chi connectivity index (χ2n) is 8.31. The normalized spacial score (nSPS) is 13.9. The largest absolute Gasteiger partial charge is 0.351 e. The van der Waals surface area contributed by atoms with Gasteiger partial charge in [0.25, 0.3) is 11.8 Å². The molecule has 0 saturated heterocycles. The van der Waals surface area contributed by atoms with E-state index in [4.69, 9.17) is 0 Å². The predicted molar refractivity (Wildman–Crippen MR) is 134 cm³/mol. The zero-order valence-corrected chi connectivity index (χ0v) is 19.7. The number of rotatable bonds is 8. The minimum absolute atomic E-state index is 0.178. The molecular formula is C27H29FN4O2. The van der Waals surface area contributed by atoms with Gasteiger partial charge >= 0.3 is 0 Å². The molecule has 0 radical (unpaired) electrons. The summed E-state index contributed by atoms with van der Waals surface area (Å²) in [5.41, 5.74) is 5.62. The number of hydrogen-bond acceptors (Lipinski definition) is 3. The lowest BCUT2D eigenvalue weighted by atomic mass is 9.94. The number of aryl methyl sites for hydroxylation is 1. The maximum absolute atomic E-state index is 13.5. The number of anilines is 1. The fraction of sp³-hybridized carbons (Fsp3) is 0.259. The first-order chi connectivity index (χ1) is 16.4. The van der Waals surface area contributed by atoms with E-state index in [0.717, 1.165) is 41.9 Å². The summed E-state index contributed by atoms with van der Waals surface area (Å²) in [5, 5.41) is 5.86. The van der Waals surface area contributed by atoms with E-state index in [1.165, 1.54) is 12.1 Å². The molecule has 0 saturated carbocycles. The van der Waals surface area contributed by atoms with Crippen molar-refractivity contribution in [3.05, 3.63) is 76.9 Å². The molecule has 2 heterocycles. The zero-order valence-electron chi connectivity index (χ0n) is 19.7. The average Bonchev–Trinajstić information content (AvgIpc) is 3.36. The van der Waals surface area contributed by atoms with Gasteiger partial charge < -0.3 is 20.5 Å². The van der Waals surface area contributed by atoms with E-state index in [1.807, 2.05) is 25.1 Å². The highest BCUT2D eigenvalue weighted by Crippen LogP contribution is 2.40. The third-order valence-corrected chi connectivity index (χ3v) is 6.18. The van der Waals surface area contributed by atoms with Crippen LogP contribution in [0.15, 0.2) is 48.5 Å². The number of carbonyl (C=O) groups excluding carboxylic acids is 2. The van der Waals surface area contributed by atoms with Crippen LogP contribution in [-0.2, 0) is 4.79 Å². The summed E-state index contributed by atoms with van der Waals surface area (Å²) < 4.78 is 13.5. The van der Waals surface area contributed by atoms with Crippen molar-refractivity contribution in [3.63, 3.8) is 0 Å². The average molecular weight is 461 g/mol. The number of halogens is 1. The van der Waals surface area contributed by atoms with Gasteiger partial charge in [0.15, 0.2) is 0 Å². The topological polar surface area (TPSA) is 77.2 Å². The Morgan fingerprint density at radius 1 is 1.12 bits per heavy atom. The van der Waals surface area contributed by atoms with Gasteiger partial charge in [-0.25, -0.2) is 4.39 Å². The molecule has 1 aliphatic rings. The number of aromatic nitrogens is 1. The summed E-state index contributed by atoms with van der Waals surface area (Å²) in [6, 6.07) is 13.6. The van der Waals surface area contributed by atoms with Gasteiger partial charge in [0, 0.05) is 30.0 Å². The van der Waals surface area contributed by atoms with Crippen molar-refractivity contribution >= 4 is 29.2 Å². The molecule has 1 aromatic heterocycles. The van der Waals surface area contributed by atoms with Crippen LogP contribution >= 0.6 is 0 Å². The fourth-order valence-electron chi connectivity index (χ4n) is 4.21. The Hall–Kier alpha value is -3.71. The standard InChI is InChI=1S/C27H29FN4O2/c1-4-32(5-2)14-13-29-27(34)24-15-17(3)23(30-24)16-21-25-20(18-9-11-19(28)12-10-18)7-6-8-22(25)31-26(21)33/h6-12,15-16,30H,4-5,13-14H2,1-3H3,(H,29,34)(H,31,33)/b21-16-. The first kappa shape index (κ1) is 23.4. The number of amides is 2. The molecule has 3 aromatic rings. The molecule has 3 N–H and O–H groups in total. The summed E-state index contributed by atoms with van der Waals surface area (Å²) in [6.45, 7) is 9.32. The number of nitrogens with one attached hydrogen (secondary N) is 3. The predicted octanol–water partition coefficient (Wildman–Crippen LogP) is 4.69. The summed E-state index contributed by atoms with van der Waals surface area (Å²) in [4.78, 5) is 30.9. The van der Waals surface area contributed by atoms with Crippen LogP contribution in [0.3, 0.4) is 0 Å². The van der Waals surface area contributed by atoms with Gasteiger partial charge in [0.05, 0.1) is 5.57 Å². The number of aromatic amines is 1. The number of likely N-dealkylation sites (N-methyl/N-ethyl adjacent to an activating group) is 1. The highest BCUT2D eigenvalue weighted by atomic mass is 19.1. The number of benzene rings is 2. The summed E-state index contributed by atoms with van der Waals surface area (Å²) in [5.74, 6) is -0.710. The van der Waals surface area contributed by atoms with E-state index in [2.05, 4.69) is 34.4 Å². The van der Waals surface area contributed by atoms with E-state index in [9.17, 15) is 14.0 Å². The molecule has 2 amide bonds. The summed E-state index contributed by atoms with van der Waals surface area (Å²) in [6.07, 6.45) is 1.77. The van der Waals surface area contributed by atoms with Gasteiger partial charge in [-0.15, -0.1) is 0 Å². The van der Waals surface area contributed by atoms with Crippen LogP contribution in [0.2, 0.25) is 0 Å². The smallest absolute Gasteiger partial charge is 0.267 e. The van der Waals surface area contributed by atoms with Crippen LogP contribution in [0.5, 0.6) is 0 Å². The molecule has 34 heavy (non-hydrogen) atoms. The molecule has 1 aliphatic heterocycles.